The highest BCUT2D eigenvalue weighted by Crippen LogP contribution is 2.28. The molecule has 0 atom stereocenters. The molecule has 100 valence electrons. The van der Waals surface area contributed by atoms with Crippen molar-refractivity contribution in [1.29, 1.82) is 0 Å². The lowest BCUT2D eigenvalue weighted by atomic mass is 10.1. The third-order valence-electron chi connectivity index (χ3n) is 3.23. The monoisotopic (exact) mass is 302 g/mol. The maximum Gasteiger partial charge on any atom is 0.161 e. The van der Waals surface area contributed by atoms with Gasteiger partial charge in [-0.15, -0.1) is 0 Å². The Bertz CT molecular complexity index is 785. The Labute approximate surface area is 127 Å². The van der Waals surface area contributed by atoms with E-state index in [0.29, 0.717) is 16.0 Å². The normalized spacial score (nSPS) is 10.9. The molecule has 3 aromatic rings. The fraction of sp³-hybridized carbons (Fsp3) is 0.125. The van der Waals surface area contributed by atoms with Gasteiger partial charge in [-0.05, 0) is 30.2 Å². The highest BCUT2D eigenvalue weighted by atomic mass is 35.5. The van der Waals surface area contributed by atoms with Gasteiger partial charge in [-0.2, -0.15) is 0 Å². The fourth-order valence-corrected chi connectivity index (χ4v) is 2.64. The van der Waals surface area contributed by atoms with Gasteiger partial charge >= 0.3 is 0 Å². The van der Waals surface area contributed by atoms with Crippen molar-refractivity contribution < 1.29 is 0 Å². The van der Waals surface area contributed by atoms with Crippen LogP contribution in [0.3, 0.4) is 0 Å². The Morgan fingerprint density at radius 2 is 1.80 bits per heavy atom. The van der Waals surface area contributed by atoms with Gasteiger partial charge in [-0.25, -0.2) is 9.97 Å². The summed E-state index contributed by atoms with van der Waals surface area (Å²) >= 11 is 12.3. The van der Waals surface area contributed by atoms with E-state index in [1.54, 1.807) is 0 Å². The van der Waals surface area contributed by atoms with Crippen molar-refractivity contribution in [2.75, 3.05) is 0 Å². The van der Waals surface area contributed by atoms with Crippen molar-refractivity contribution in [3.8, 4) is 11.4 Å². The van der Waals surface area contributed by atoms with Gasteiger partial charge in [-0.3, -0.25) is 0 Å². The van der Waals surface area contributed by atoms with Crippen LogP contribution >= 0.6 is 23.2 Å². The molecule has 0 aliphatic rings. The molecule has 0 aliphatic heterocycles. The minimum absolute atomic E-state index is 0.472. The number of benzene rings is 2. The lowest BCUT2D eigenvalue weighted by Gasteiger charge is -2.08. The summed E-state index contributed by atoms with van der Waals surface area (Å²) in [5, 5.41) is 2.02. The number of para-hydroxylation sites is 1. The van der Waals surface area contributed by atoms with Crippen molar-refractivity contribution in [3.63, 3.8) is 0 Å². The molecule has 0 aliphatic carbocycles. The molecule has 1 aromatic heterocycles. The minimum atomic E-state index is 0.472. The minimum Gasteiger partial charge on any atom is -0.228 e. The van der Waals surface area contributed by atoms with Gasteiger partial charge in [0.05, 0.1) is 5.52 Å². The zero-order valence-electron chi connectivity index (χ0n) is 10.9. The third-order valence-corrected chi connectivity index (χ3v) is 3.75. The van der Waals surface area contributed by atoms with Crippen LogP contribution in [0.2, 0.25) is 10.2 Å². The Balaban J connectivity index is 2.28. The summed E-state index contributed by atoms with van der Waals surface area (Å²) < 4.78 is 0. The van der Waals surface area contributed by atoms with Crippen molar-refractivity contribution in [3.05, 3.63) is 58.2 Å². The number of hydrogen-bond donors (Lipinski definition) is 0. The highest BCUT2D eigenvalue weighted by molar-refractivity contribution is 6.34. The zero-order chi connectivity index (χ0) is 14.1. The molecule has 1 heterocycles. The Morgan fingerprint density at radius 1 is 1.00 bits per heavy atom. The van der Waals surface area contributed by atoms with Gasteiger partial charge in [0.1, 0.15) is 5.15 Å². The Hall–Kier alpha value is -1.64. The predicted molar refractivity (Wildman–Crippen MR) is 84.4 cm³/mol. The molecular formula is C16H12Cl2N2. The molecule has 0 radical (unpaired) electrons. The Kier molecular flexibility index (Phi) is 3.60. The van der Waals surface area contributed by atoms with Gasteiger partial charge in [-0.1, -0.05) is 54.4 Å². The first kappa shape index (κ1) is 13.3. The van der Waals surface area contributed by atoms with E-state index in [2.05, 4.69) is 23.0 Å². The second-order valence-electron chi connectivity index (χ2n) is 4.52. The molecule has 0 unspecified atom stereocenters. The summed E-state index contributed by atoms with van der Waals surface area (Å²) in [7, 11) is 0. The number of halogens is 2. The van der Waals surface area contributed by atoms with E-state index < -0.39 is 0 Å². The van der Waals surface area contributed by atoms with Crippen molar-refractivity contribution in [2.24, 2.45) is 0 Å². The van der Waals surface area contributed by atoms with Crippen molar-refractivity contribution in [2.45, 2.75) is 13.3 Å². The third kappa shape index (κ3) is 2.37. The van der Waals surface area contributed by atoms with E-state index >= 15 is 0 Å². The SMILES string of the molecule is CCc1cccc2c(Cl)nc(-c3cccc(Cl)c3)nc12. The van der Waals surface area contributed by atoms with Gasteiger partial charge in [0.2, 0.25) is 0 Å². The van der Waals surface area contributed by atoms with Crippen LogP contribution in [0.1, 0.15) is 12.5 Å². The van der Waals surface area contributed by atoms with Gasteiger partial charge in [0.15, 0.2) is 5.82 Å². The lowest BCUT2D eigenvalue weighted by molar-refractivity contribution is 1.13. The van der Waals surface area contributed by atoms with E-state index in [-0.39, 0.29) is 0 Å². The van der Waals surface area contributed by atoms with E-state index in [9.17, 15) is 0 Å². The van der Waals surface area contributed by atoms with Crippen LogP contribution in [0, 0.1) is 0 Å². The molecule has 2 aromatic carbocycles. The summed E-state index contributed by atoms with van der Waals surface area (Å²) in [5.74, 6) is 0.603. The first-order valence-electron chi connectivity index (χ1n) is 6.40. The van der Waals surface area contributed by atoms with Crippen LogP contribution in [0.4, 0.5) is 0 Å². The number of hydrogen-bond acceptors (Lipinski definition) is 2. The van der Waals surface area contributed by atoms with Crippen LogP contribution < -0.4 is 0 Å². The van der Waals surface area contributed by atoms with Crippen LogP contribution in [0.5, 0.6) is 0 Å². The molecular weight excluding hydrogens is 291 g/mol. The molecule has 4 heteroatoms. The number of aryl methyl sites for hydroxylation is 1. The molecule has 2 nitrogen and oxygen atoms in total. The highest BCUT2D eigenvalue weighted by Gasteiger charge is 2.10. The average Bonchev–Trinajstić information content (AvgIpc) is 2.46. The van der Waals surface area contributed by atoms with E-state index in [4.69, 9.17) is 23.2 Å². The summed E-state index contributed by atoms with van der Waals surface area (Å²) in [6, 6.07) is 13.5. The molecule has 0 N–H and O–H groups in total. The Morgan fingerprint density at radius 3 is 2.55 bits per heavy atom. The van der Waals surface area contributed by atoms with E-state index in [1.165, 1.54) is 0 Å². The summed E-state index contributed by atoms with van der Waals surface area (Å²) in [4.78, 5) is 9.05. The molecule has 0 bridgehead atoms. The number of rotatable bonds is 2. The quantitative estimate of drug-likeness (QED) is 0.611. The lowest BCUT2D eigenvalue weighted by Crippen LogP contribution is -1.95. The zero-order valence-corrected chi connectivity index (χ0v) is 12.4. The smallest absolute Gasteiger partial charge is 0.161 e. The van der Waals surface area contributed by atoms with Gasteiger partial charge < -0.3 is 0 Å². The molecule has 0 amide bonds. The van der Waals surface area contributed by atoms with Gasteiger partial charge in [0, 0.05) is 16.0 Å². The summed E-state index contributed by atoms with van der Waals surface area (Å²) in [5.41, 5.74) is 2.94. The molecule has 0 fully saturated rings. The predicted octanol–water partition coefficient (Wildman–Crippen LogP) is 5.17. The molecule has 0 saturated carbocycles. The second-order valence-corrected chi connectivity index (χ2v) is 5.31. The number of fused-ring (bicyclic) bond motifs is 1. The first-order valence-corrected chi connectivity index (χ1v) is 7.15. The summed E-state index contributed by atoms with van der Waals surface area (Å²) in [6.45, 7) is 2.10. The van der Waals surface area contributed by atoms with E-state index in [0.717, 1.165) is 28.5 Å². The van der Waals surface area contributed by atoms with E-state index in [1.807, 2.05) is 36.4 Å². The number of aromatic nitrogens is 2. The topological polar surface area (TPSA) is 25.8 Å². The van der Waals surface area contributed by atoms with Crippen molar-refractivity contribution >= 4 is 34.1 Å². The average molecular weight is 303 g/mol. The standard InChI is InChI=1S/C16H12Cl2N2/c1-2-10-5-4-8-13-14(10)19-16(20-15(13)18)11-6-3-7-12(17)9-11/h3-9H,2H2,1H3. The van der Waals surface area contributed by atoms with Crippen molar-refractivity contribution in [1.82, 2.24) is 9.97 Å². The molecule has 20 heavy (non-hydrogen) atoms. The first-order chi connectivity index (χ1) is 9.69. The number of nitrogens with zero attached hydrogens (tertiary/aromatic N) is 2. The summed E-state index contributed by atoms with van der Waals surface area (Å²) in [6.07, 6.45) is 0.902. The second kappa shape index (κ2) is 5.39. The maximum atomic E-state index is 6.30. The maximum absolute atomic E-state index is 6.30. The molecule has 3 rings (SSSR count). The van der Waals surface area contributed by atoms with Crippen LogP contribution in [-0.2, 0) is 6.42 Å². The molecule has 0 saturated heterocycles. The van der Waals surface area contributed by atoms with Gasteiger partial charge in [0.25, 0.3) is 0 Å². The largest absolute Gasteiger partial charge is 0.228 e. The molecule has 0 spiro atoms. The van der Waals surface area contributed by atoms with Crippen LogP contribution in [0.25, 0.3) is 22.3 Å². The fourth-order valence-electron chi connectivity index (χ4n) is 2.22. The van der Waals surface area contributed by atoms with Crippen LogP contribution in [-0.4, -0.2) is 9.97 Å². The van der Waals surface area contributed by atoms with Crippen LogP contribution in [0.15, 0.2) is 42.5 Å².